The van der Waals surface area contributed by atoms with Crippen LogP contribution in [0.1, 0.15) is 34.1 Å². The van der Waals surface area contributed by atoms with Gasteiger partial charge in [0.2, 0.25) is 0 Å². The Labute approximate surface area is 93.7 Å². The lowest BCUT2D eigenvalue weighted by Crippen LogP contribution is -2.52. The van der Waals surface area contributed by atoms with Gasteiger partial charge in [-0.3, -0.25) is 4.90 Å². The highest BCUT2D eigenvalue weighted by atomic mass is 16.5. The summed E-state index contributed by atoms with van der Waals surface area (Å²) in [5.41, 5.74) is 0.130. The Hall–Kier alpha value is -0.120. The van der Waals surface area contributed by atoms with E-state index in [1.807, 2.05) is 0 Å². The monoisotopic (exact) mass is 215 g/mol. The largest absolute Gasteiger partial charge is 0.379 e. The third-order valence-electron chi connectivity index (χ3n) is 3.28. The molecule has 0 aromatic rings. The molecular weight excluding hydrogens is 190 g/mol. The molecule has 1 aliphatic rings. The molecule has 1 fully saturated rings. The third kappa shape index (κ3) is 3.74. The van der Waals surface area contributed by atoms with Gasteiger partial charge in [-0.15, -0.1) is 0 Å². The first kappa shape index (κ1) is 12.9. The molecule has 0 aliphatic carbocycles. The fraction of sp³-hybridized carbons (Fsp3) is 1.00. The van der Waals surface area contributed by atoms with Crippen molar-refractivity contribution in [1.82, 2.24) is 4.90 Å². The molecule has 1 saturated heterocycles. The molecule has 0 N–H and O–H groups in total. The van der Waals surface area contributed by atoms with E-state index in [1.54, 1.807) is 7.11 Å². The van der Waals surface area contributed by atoms with Crippen LogP contribution < -0.4 is 0 Å². The molecule has 0 aromatic carbocycles. The summed E-state index contributed by atoms with van der Waals surface area (Å²) < 4.78 is 10.9. The number of ether oxygens (including phenoxy) is 2. The highest BCUT2D eigenvalue weighted by Crippen LogP contribution is 2.28. The second kappa shape index (κ2) is 4.81. The SMILES string of the molecule is COC(C)(C)CC(C)(C)N1CCOCC1. The fourth-order valence-electron chi connectivity index (χ4n) is 2.39. The van der Waals surface area contributed by atoms with E-state index in [-0.39, 0.29) is 11.1 Å². The first-order chi connectivity index (χ1) is 6.87. The fourth-order valence-corrected chi connectivity index (χ4v) is 2.39. The second-order valence-electron chi connectivity index (χ2n) is 5.55. The van der Waals surface area contributed by atoms with Crippen LogP contribution in [0.25, 0.3) is 0 Å². The topological polar surface area (TPSA) is 21.7 Å². The Balaban J connectivity index is 2.56. The standard InChI is InChI=1S/C12H25NO2/c1-11(2,10-12(3,4)14-5)13-6-8-15-9-7-13/h6-10H2,1-5H3. The molecule has 1 heterocycles. The molecule has 15 heavy (non-hydrogen) atoms. The summed E-state index contributed by atoms with van der Waals surface area (Å²) in [6.45, 7) is 12.7. The highest BCUT2D eigenvalue weighted by Gasteiger charge is 2.34. The second-order valence-corrected chi connectivity index (χ2v) is 5.55. The van der Waals surface area contributed by atoms with Gasteiger partial charge in [0.1, 0.15) is 0 Å². The van der Waals surface area contributed by atoms with Gasteiger partial charge in [-0.2, -0.15) is 0 Å². The lowest BCUT2D eigenvalue weighted by Gasteiger charge is -2.44. The normalized spacial score (nSPS) is 20.6. The molecule has 0 amide bonds. The van der Waals surface area contributed by atoms with Crippen molar-refractivity contribution in [2.24, 2.45) is 0 Å². The van der Waals surface area contributed by atoms with Gasteiger partial charge >= 0.3 is 0 Å². The molecule has 0 atom stereocenters. The molecule has 0 spiro atoms. The predicted octanol–water partition coefficient (Wildman–Crippen LogP) is 1.91. The van der Waals surface area contributed by atoms with E-state index in [2.05, 4.69) is 32.6 Å². The van der Waals surface area contributed by atoms with Crippen LogP contribution >= 0.6 is 0 Å². The van der Waals surface area contributed by atoms with E-state index in [0.29, 0.717) is 0 Å². The molecule has 0 radical (unpaired) electrons. The van der Waals surface area contributed by atoms with Crippen molar-refractivity contribution < 1.29 is 9.47 Å². The quantitative estimate of drug-likeness (QED) is 0.715. The van der Waals surface area contributed by atoms with E-state index in [9.17, 15) is 0 Å². The van der Waals surface area contributed by atoms with Crippen LogP contribution in [-0.2, 0) is 9.47 Å². The maximum absolute atomic E-state index is 5.51. The Kier molecular flexibility index (Phi) is 4.15. The van der Waals surface area contributed by atoms with Crippen molar-refractivity contribution in [2.75, 3.05) is 33.4 Å². The summed E-state index contributed by atoms with van der Waals surface area (Å²) in [6, 6.07) is 0. The number of hydrogen-bond donors (Lipinski definition) is 0. The van der Waals surface area contributed by atoms with E-state index >= 15 is 0 Å². The van der Waals surface area contributed by atoms with Gasteiger partial charge in [-0.05, 0) is 34.1 Å². The number of morpholine rings is 1. The lowest BCUT2D eigenvalue weighted by molar-refractivity contribution is -0.0598. The van der Waals surface area contributed by atoms with Crippen LogP contribution in [0.2, 0.25) is 0 Å². The number of hydrogen-bond acceptors (Lipinski definition) is 3. The third-order valence-corrected chi connectivity index (χ3v) is 3.28. The minimum atomic E-state index is -0.0538. The summed E-state index contributed by atoms with van der Waals surface area (Å²) in [5, 5.41) is 0. The lowest BCUT2D eigenvalue weighted by atomic mass is 9.87. The zero-order valence-electron chi connectivity index (χ0n) is 10.8. The Morgan fingerprint density at radius 3 is 2.13 bits per heavy atom. The van der Waals surface area contributed by atoms with E-state index < -0.39 is 0 Å². The van der Waals surface area contributed by atoms with Crippen LogP contribution in [0.15, 0.2) is 0 Å². The van der Waals surface area contributed by atoms with Crippen molar-refractivity contribution in [3.05, 3.63) is 0 Å². The zero-order chi connectivity index (χ0) is 11.5. The summed E-state index contributed by atoms with van der Waals surface area (Å²) in [5.74, 6) is 0. The van der Waals surface area contributed by atoms with E-state index in [1.165, 1.54) is 0 Å². The maximum Gasteiger partial charge on any atom is 0.0640 e. The van der Waals surface area contributed by atoms with Gasteiger partial charge in [-0.25, -0.2) is 0 Å². The minimum absolute atomic E-state index is 0.0538. The van der Waals surface area contributed by atoms with Gasteiger partial charge < -0.3 is 9.47 Å². The molecule has 3 heteroatoms. The minimum Gasteiger partial charge on any atom is -0.379 e. The Morgan fingerprint density at radius 1 is 1.13 bits per heavy atom. The van der Waals surface area contributed by atoms with Crippen LogP contribution in [0.3, 0.4) is 0 Å². The number of rotatable bonds is 4. The molecular formula is C12H25NO2. The van der Waals surface area contributed by atoms with E-state index in [0.717, 1.165) is 32.7 Å². The van der Waals surface area contributed by atoms with Crippen molar-refractivity contribution in [2.45, 2.75) is 45.3 Å². The zero-order valence-corrected chi connectivity index (χ0v) is 10.8. The van der Waals surface area contributed by atoms with Crippen molar-refractivity contribution in [1.29, 1.82) is 0 Å². The Bertz CT molecular complexity index is 196. The van der Waals surface area contributed by atoms with Crippen LogP contribution in [-0.4, -0.2) is 49.5 Å². The van der Waals surface area contributed by atoms with Gasteiger partial charge in [0.25, 0.3) is 0 Å². The van der Waals surface area contributed by atoms with Crippen molar-refractivity contribution in [3.8, 4) is 0 Å². The first-order valence-corrected chi connectivity index (χ1v) is 5.75. The average Bonchev–Trinajstić information content (AvgIpc) is 2.18. The average molecular weight is 215 g/mol. The molecule has 0 saturated carbocycles. The summed E-state index contributed by atoms with van der Waals surface area (Å²) in [4.78, 5) is 2.50. The Morgan fingerprint density at radius 2 is 1.67 bits per heavy atom. The van der Waals surface area contributed by atoms with E-state index in [4.69, 9.17) is 9.47 Å². The van der Waals surface area contributed by atoms with Crippen molar-refractivity contribution in [3.63, 3.8) is 0 Å². The smallest absolute Gasteiger partial charge is 0.0640 e. The summed E-state index contributed by atoms with van der Waals surface area (Å²) in [7, 11) is 1.79. The molecule has 3 nitrogen and oxygen atoms in total. The van der Waals surface area contributed by atoms with Crippen LogP contribution in [0.4, 0.5) is 0 Å². The molecule has 1 aliphatic heterocycles. The van der Waals surface area contributed by atoms with Crippen molar-refractivity contribution >= 4 is 0 Å². The molecule has 0 aromatic heterocycles. The van der Waals surface area contributed by atoms with Gasteiger partial charge in [0.05, 0.1) is 18.8 Å². The highest BCUT2D eigenvalue weighted by molar-refractivity contribution is 4.89. The predicted molar refractivity (Wildman–Crippen MR) is 62.2 cm³/mol. The number of nitrogens with zero attached hydrogens (tertiary/aromatic N) is 1. The maximum atomic E-state index is 5.51. The number of methoxy groups -OCH3 is 1. The van der Waals surface area contributed by atoms with Crippen LogP contribution in [0, 0.1) is 0 Å². The van der Waals surface area contributed by atoms with Crippen LogP contribution in [0.5, 0.6) is 0 Å². The molecule has 1 rings (SSSR count). The molecule has 90 valence electrons. The summed E-state index contributed by atoms with van der Waals surface area (Å²) >= 11 is 0. The van der Waals surface area contributed by atoms with Gasteiger partial charge in [-0.1, -0.05) is 0 Å². The van der Waals surface area contributed by atoms with Gasteiger partial charge in [0.15, 0.2) is 0 Å². The summed E-state index contributed by atoms with van der Waals surface area (Å²) in [6.07, 6.45) is 1.04. The molecule has 0 unspecified atom stereocenters. The molecule has 0 bridgehead atoms. The van der Waals surface area contributed by atoms with Gasteiger partial charge in [0, 0.05) is 25.7 Å². The first-order valence-electron chi connectivity index (χ1n) is 5.75.